The first-order valence-electron chi connectivity index (χ1n) is 2.81. The molecule has 2 heterocycles. The number of aromatic nitrogens is 3. The Hall–Kier alpha value is -1.09. The van der Waals surface area contributed by atoms with Gasteiger partial charge in [0.15, 0.2) is 0 Å². The Bertz CT molecular complexity index is 355. The highest BCUT2D eigenvalue weighted by Gasteiger charge is 1.98. The van der Waals surface area contributed by atoms with E-state index in [2.05, 4.69) is 15.0 Å². The number of H-pyrrole nitrogens is 1. The third-order valence-corrected chi connectivity index (χ3v) is 1.61. The molecule has 3 nitrogen and oxygen atoms in total. The lowest BCUT2D eigenvalue weighted by Gasteiger charge is -1.88. The molecule has 0 unspecified atom stereocenters. The Labute approximate surface area is 69.4 Å². The van der Waals surface area contributed by atoms with Crippen molar-refractivity contribution in [2.45, 2.75) is 7.43 Å². The van der Waals surface area contributed by atoms with Crippen molar-refractivity contribution in [2.75, 3.05) is 0 Å². The monoisotopic (exact) mass is 169 g/mol. The fraction of sp³-hybridized carbons (Fsp3) is 0.143. The molecule has 2 aromatic heterocycles. The maximum Gasteiger partial charge on any atom is 0.142 e. The molecule has 0 saturated heterocycles. The highest BCUT2D eigenvalue weighted by Crippen LogP contribution is 2.16. The Balaban J connectivity index is 0.000000605. The van der Waals surface area contributed by atoms with Crippen molar-refractivity contribution in [1.82, 2.24) is 15.0 Å². The van der Waals surface area contributed by atoms with Crippen LogP contribution in [0.3, 0.4) is 0 Å². The summed E-state index contributed by atoms with van der Waals surface area (Å²) in [6.07, 6.45) is 3.21. The summed E-state index contributed by atoms with van der Waals surface area (Å²) >= 11 is 5.73. The summed E-state index contributed by atoms with van der Waals surface area (Å²) in [5.74, 6) is 0. The number of hydrogen-bond donors (Lipinski definition) is 1. The lowest BCUT2D eigenvalue weighted by molar-refractivity contribution is 1.20. The summed E-state index contributed by atoms with van der Waals surface area (Å²) in [5, 5.41) is 1.36. The molecule has 0 aliphatic heterocycles. The fourth-order valence-corrected chi connectivity index (χ4v) is 1.04. The van der Waals surface area contributed by atoms with Crippen LogP contribution >= 0.6 is 11.6 Å². The highest BCUT2D eigenvalue weighted by molar-refractivity contribution is 6.33. The number of nitrogens with one attached hydrogen (secondary N) is 1. The van der Waals surface area contributed by atoms with Gasteiger partial charge in [0.05, 0.1) is 5.39 Å². The maximum absolute atomic E-state index is 5.73. The van der Waals surface area contributed by atoms with Gasteiger partial charge in [-0.25, -0.2) is 9.97 Å². The number of rotatable bonds is 0. The number of halogens is 1. The minimum atomic E-state index is 0. The van der Waals surface area contributed by atoms with Gasteiger partial charge < -0.3 is 4.98 Å². The van der Waals surface area contributed by atoms with Crippen molar-refractivity contribution in [1.29, 1.82) is 0 Å². The Morgan fingerprint density at radius 1 is 1.36 bits per heavy atom. The van der Waals surface area contributed by atoms with Crippen LogP contribution in [0, 0.1) is 0 Å². The number of nitrogens with zero attached hydrogens (tertiary/aromatic N) is 2. The molecular weight excluding hydrogens is 162 g/mol. The van der Waals surface area contributed by atoms with Crippen molar-refractivity contribution in [3.05, 3.63) is 23.7 Å². The molecule has 0 aliphatic carbocycles. The Morgan fingerprint density at radius 2 is 2.18 bits per heavy atom. The number of fused-ring (bicyclic) bond motifs is 1. The summed E-state index contributed by atoms with van der Waals surface area (Å²) in [6.45, 7) is 0. The topological polar surface area (TPSA) is 41.6 Å². The van der Waals surface area contributed by atoms with Crippen LogP contribution in [0.5, 0.6) is 0 Å². The average molecular weight is 170 g/mol. The predicted molar refractivity (Wildman–Crippen MR) is 45.6 cm³/mol. The van der Waals surface area contributed by atoms with Gasteiger partial charge in [0.2, 0.25) is 0 Å². The van der Waals surface area contributed by atoms with Gasteiger partial charge >= 0.3 is 0 Å². The van der Waals surface area contributed by atoms with Crippen LogP contribution in [0.2, 0.25) is 5.15 Å². The molecule has 0 fully saturated rings. The molecule has 0 aliphatic rings. The van der Waals surface area contributed by atoms with Crippen LogP contribution in [0.1, 0.15) is 7.43 Å². The maximum atomic E-state index is 5.73. The molecular formula is C7H8ClN3. The number of aromatic amines is 1. The number of hydrogen-bond acceptors (Lipinski definition) is 2. The highest BCUT2D eigenvalue weighted by atomic mass is 35.5. The third-order valence-electron chi connectivity index (χ3n) is 1.31. The minimum absolute atomic E-state index is 0. The lowest BCUT2D eigenvalue weighted by atomic mass is 10.4. The van der Waals surface area contributed by atoms with E-state index in [9.17, 15) is 0 Å². The Morgan fingerprint density at radius 3 is 2.91 bits per heavy atom. The predicted octanol–water partition coefficient (Wildman–Crippen LogP) is 2.25. The third kappa shape index (κ3) is 1.19. The molecule has 0 radical (unpaired) electrons. The largest absolute Gasteiger partial charge is 0.346 e. The van der Waals surface area contributed by atoms with E-state index in [-0.39, 0.29) is 7.43 Å². The quantitative estimate of drug-likeness (QED) is 0.615. The Kier molecular flexibility index (Phi) is 2.10. The van der Waals surface area contributed by atoms with Gasteiger partial charge in [-0.1, -0.05) is 19.0 Å². The molecule has 0 atom stereocenters. The fourth-order valence-electron chi connectivity index (χ4n) is 0.841. The molecule has 2 rings (SSSR count). The van der Waals surface area contributed by atoms with Gasteiger partial charge in [0.1, 0.15) is 17.1 Å². The summed E-state index contributed by atoms with van der Waals surface area (Å²) in [5.41, 5.74) is 0.778. The van der Waals surface area contributed by atoms with Gasteiger partial charge in [0.25, 0.3) is 0 Å². The van der Waals surface area contributed by atoms with E-state index in [1.165, 1.54) is 6.33 Å². The van der Waals surface area contributed by atoms with E-state index in [0.717, 1.165) is 11.0 Å². The first-order valence-corrected chi connectivity index (χ1v) is 3.19. The van der Waals surface area contributed by atoms with E-state index in [0.29, 0.717) is 5.15 Å². The molecule has 4 heteroatoms. The molecule has 0 amide bonds. The minimum Gasteiger partial charge on any atom is -0.346 e. The second kappa shape index (κ2) is 2.88. The van der Waals surface area contributed by atoms with Gasteiger partial charge in [-0.3, -0.25) is 0 Å². The zero-order valence-corrected chi connectivity index (χ0v) is 5.76. The standard InChI is InChI=1S/C6H4ClN3.CH4/c7-5-4-1-2-8-6(4)10-3-9-5;/h1-3H,(H,8,9,10);1H4. The van der Waals surface area contributed by atoms with Gasteiger partial charge in [0, 0.05) is 6.20 Å². The van der Waals surface area contributed by atoms with Gasteiger partial charge in [-0.2, -0.15) is 0 Å². The van der Waals surface area contributed by atoms with E-state index in [4.69, 9.17) is 11.6 Å². The molecule has 58 valence electrons. The zero-order valence-electron chi connectivity index (χ0n) is 5.00. The van der Waals surface area contributed by atoms with Crippen LogP contribution in [-0.2, 0) is 0 Å². The van der Waals surface area contributed by atoms with Crippen LogP contribution < -0.4 is 0 Å². The van der Waals surface area contributed by atoms with Crippen LogP contribution in [0.15, 0.2) is 18.6 Å². The molecule has 0 bridgehead atoms. The van der Waals surface area contributed by atoms with E-state index >= 15 is 0 Å². The summed E-state index contributed by atoms with van der Waals surface area (Å²) in [6, 6.07) is 1.84. The SMILES string of the molecule is C.Clc1ncnc2[nH]ccc12. The molecule has 2 aromatic rings. The first-order chi connectivity index (χ1) is 4.88. The van der Waals surface area contributed by atoms with Crippen molar-refractivity contribution < 1.29 is 0 Å². The van der Waals surface area contributed by atoms with Crippen LogP contribution in [-0.4, -0.2) is 15.0 Å². The lowest BCUT2D eigenvalue weighted by Crippen LogP contribution is -1.79. The summed E-state index contributed by atoms with van der Waals surface area (Å²) < 4.78 is 0. The summed E-state index contributed by atoms with van der Waals surface area (Å²) in [4.78, 5) is 10.7. The zero-order chi connectivity index (χ0) is 6.97. The van der Waals surface area contributed by atoms with Crippen molar-refractivity contribution >= 4 is 22.6 Å². The smallest absolute Gasteiger partial charge is 0.142 e. The summed E-state index contributed by atoms with van der Waals surface area (Å²) in [7, 11) is 0. The van der Waals surface area contributed by atoms with Crippen molar-refractivity contribution in [3.63, 3.8) is 0 Å². The second-order valence-corrected chi connectivity index (χ2v) is 2.26. The van der Waals surface area contributed by atoms with Crippen LogP contribution in [0.25, 0.3) is 11.0 Å². The van der Waals surface area contributed by atoms with Crippen LogP contribution in [0.4, 0.5) is 0 Å². The molecule has 11 heavy (non-hydrogen) atoms. The molecule has 0 spiro atoms. The molecule has 1 N–H and O–H groups in total. The molecule has 0 aromatic carbocycles. The molecule has 0 saturated carbocycles. The van der Waals surface area contributed by atoms with Gasteiger partial charge in [-0.05, 0) is 6.07 Å². The van der Waals surface area contributed by atoms with Gasteiger partial charge in [-0.15, -0.1) is 0 Å². The van der Waals surface area contributed by atoms with E-state index in [1.807, 2.05) is 6.07 Å². The second-order valence-electron chi connectivity index (χ2n) is 1.90. The van der Waals surface area contributed by atoms with Crippen molar-refractivity contribution in [2.24, 2.45) is 0 Å². The first kappa shape index (κ1) is 8.01. The average Bonchev–Trinajstić information content (AvgIpc) is 2.36. The van der Waals surface area contributed by atoms with E-state index < -0.39 is 0 Å². The normalized spacial score (nSPS) is 9.55. The van der Waals surface area contributed by atoms with Crippen molar-refractivity contribution in [3.8, 4) is 0 Å². The van der Waals surface area contributed by atoms with E-state index in [1.54, 1.807) is 6.20 Å².